The molecule has 1 aromatic heterocycles. The lowest BCUT2D eigenvalue weighted by atomic mass is 9.96. The molecule has 3 heteroatoms. The molecule has 0 aromatic carbocycles. The second-order valence-electron chi connectivity index (χ2n) is 6.84. The van der Waals surface area contributed by atoms with Gasteiger partial charge in [-0.25, -0.2) is 0 Å². The average molecular weight is 402 g/mol. The molecule has 0 spiro atoms. The molecule has 0 bridgehead atoms. The van der Waals surface area contributed by atoms with Crippen molar-refractivity contribution in [2.24, 2.45) is 11.8 Å². The highest BCUT2D eigenvalue weighted by atomic mass is 79.9. The van der Waals surface area contributed by atoms with Gasteiger partial charge in [0.1, 0.15) is 0 Å². The van der Waals surface area contributed by atoms with Crippen molar-refractivity contribution in [3.8, 4) is 0 Å². The van der Waals surface area contributed by atoms with E-state index < -0.39 is 0 Å². The Bertz CT molecular complexity index is 386. The predicted molar refractivity (Wildman–Crippen MR) is 111 cm³/mol. The predicted octanol–water partition coefficient (Wildman–Crippen LogP) is 7.75. The van der Waals surface area contributed by atoms with Gasteiger partial charge in [0, 0.05) is 22.9 Å². The number of thiophene rings is 1. The molecule has 0 aliphatic carbocycles. The van der Waals surface area contributed by atoms with Crippen LogP contribution in [-0.4, -0.2) is 13.1 Å². The number of halogens is 1. The highest BCUT2D eigenvalue weighted by molar-refractivity contribution is 9.10. The van der Waals surface area contributed by atoms with Crippen molar-refractivity contribution in [1.82, 2.24) is 0 Å². The first kappa shape index (κ1) is 21.0. The van der Waals surface area contributed by atoms with Crippen LogP contribution < -0.4 is 4.90 Å². The molecule has 0 saturated carbocycles. The van der Waals surface area contributed by atoms with Crippen LogP contribution in [-0.2, 0) is 0 Å². The van der Waals surface area contributed by atoms with Crippen molar-refractivity contribution in [2.75, 3.05) is 18.0 Å². The third kappa shape index (κ3) is 8.07. The van der Waals surface area contributed by atoms with Gasteiger partial charge in [0.05, 0.1) is 5.00 Å². The Labute approximate surface area is 157 Å². The summed E-state index contributed by atoms with van der Waals surface area (Å²) >= 11 is 5.52. The van der Waals surface area contributed by atoms with E-state index in [2.05, 4.69) is 60.0 Å². The molecular weight excluding hydrogens is 366 g/mol. The van der Waals surface area contributed by atoms with Gasteiger partial charge < -0.3 is 4.90 Å². The first-order valence-corrected chi connectivity index (χ1v) is 11.3. The van der Waals surface area contributed by atoms with Crippen LogP contribution in [0.15, 0.2) is 15.9 Å². The molecule has 23 heavy (non-hydrogen) atoms. The molecule has 0 amide bonds. The van der Waals surface area contributed by atoms with E-state index >= 15 is 0 Å². The zero-order valence-corrected chi connectivity index (χ0v) is 18.0. The first-order valence-electron chi connectivity index (χ1n) is 9.63. The molecule has 134 valence electrons. The van der Waals surface area contributed by atoms with Gasteiger partial charge in [0.15, 0.2) is 0 Å². The molecule has 2 unspecified atom stereocenters. The zero-order chi connectivity index (χ0) is 17.1. The fourth-order valence-corrected chi connectivity index (χ4v) is 4.62. The lowest BCUT2D eigenvalue weighted by molar-refractivity contribution is 0.404. The van der Waals surface area contributed by atoms with Crippen LogP contribution >= 0.6 is 27.3 Å². The summed E-state index contributed by atoms with van der Waals surface area (Å²) in [7, 11) is 0. The second-order valence-corrected chi connectivity index (χ2v) is 8.65. The van der Waals surface area contributed by atoms with Crippen molar-refractivity contribution < 1.29 is 0 Å². The van der Waals surface area contributed by atoms with Gasteiger partial charge in [0.25, 0.3) is 0 Å². The van der Waals surface area contributed by atoms with Crippen LogP contribution in [0.2, 0.25) is 0 Å². The summed E-state index contributed by atoms with van der Waals surface area (Å²) in [5, 5.41) is 3.67. The van der Waals surface area contributed by atoms with Gasteiger partial charge in [-0.05, 0) is 46.7 Å². The molecule has 0 aliphatic heterocycles. The Morgan fingerprint density at radius 2 is 1.48 bits per heavy atom. The van der Waals surface area contributed by atoms with E-state index in [-0.39, 0.29) is 0 Å². The topological polar surface area (TPSA) is 3.24 Å². The smallest absolute Gasteiger partial charge is 0.0920 e. The van der Waals surface area contributed by atoms with Crippen molar-refractivity contribution in [3.05, 3.63) is 15.9 Å². The molecule has 0 N–H and O–H groups in total. The largest absolute Gasteiger partial charge is 0.363 e. The minimum Gasteiger partial charge on any atom is -0.363 e. The quantitative estimate of drug-likeness (QED) is 0.326. The van der Waals surface area contributed by atoms with Crippen LogP contribution in [0.4, 0.5) is 5.00 Å². The van der Waals surface area contributed by atoms with Gasteiger partial charge in [-0.15, -0.1) is 11.3 Å². The molecular formula is C20H36BrNS. The van der Waals surface area contributed by atoms with Crippen molar-refractivity contribution in [2.45, 2.75) is 79.1 Å². The molecule has 0 radical (unpaired) electrons. The van der Waals surface area contributed by atoms with Crippen molar-refractivity contribution >= 4 is 32.3 Å². The summed E-state index contributed by atoms with van der Waals surface area (Å²) < 4.78 is 1.23. The highest BCUT2D eigenvalue weighted by Crippen LogP contribution is 2.31. The Hall–Kier alpha value is -0.0200. The lowest BCUT2D eigenvalue weighted by Crippen LogP contribution is -2.33. The van der Waals surface area contributed by atoms with Crippen LogP contribution in [0.3, 0.4) is 0 Å². The summed E-state index contributed by atoms with van der Waals surface area (Å²) in [6.45, 7) is 11.8. The van der Waals surface area contributed by atoms with E-state index in [1.54, 1.807) is 0 Å². The third-order valence-corrected chi connectivity index (χ3v) is 6.66. The van der Waals surface area contributed by atoms with E-state index in [1.165, 1.54) is 73.9 Å². The number of hydrogen-bond donors (Lipinski definition) is 0. The SMILES string of the molecule is CCCCC(CC)CN(CC(CC)CCCC)c1cc(Br)cs1. The lowest BCUT2D eigenvalue weighted by Gasteiger charge is -2.31. The van der Waals surface area contributed by atoms with Crippen molar-refractivity contribution in [1.29, 1.82) is 0 Å². The van der Waals surface area contributed by atoms with E-state index in [0.717, 1.165) is 11.8 Å². The number of anilines is 1. The number of rotatable bonds is 13. The maximum atomic E-state index is 3.63. The number of unbranched alkanes of at least 4 members (excludes halogenated alkanes) is 2. The molecule has 1 heterocycles. The first-order chi connectivity index (χ1) is 11.1. The minimum atomic E-state index is 0.833. The molecule has 1 rings (SSSR count). The monoisotopic (exact) mass is 401 g/mol. The Morgan fingerprint density at radius 1 is 0.957 bits per heavy atom. The van der Waals surface area contributed by atoms with E-state index in [0.29, 0.717) is 0 Å². The van der Waals surface area contributed by atoms with Crippen molar-refractivity contribution in [3.63, 3.8) is 0 Å². The fraction of sp³-hybridized carbons (Fsp3) is 0.800. The summed E-state index contributed by atoms with van der Waals surface area (Å²) in [6, 6.07) is 2.31. The molecule has 1 nitrogen and oxygen atoms in total. The zero-order valence-electron chi connectivity index (χ0n) is 15.6. The molecule has 2 atom stereocenters. The normalized spacial score (nSPS) is 14.0. The fourth-order valence-electron chi connectivity index (χ4n) is 3.18. The molecule has 1 aromatic rings. The minimum absolute atomic E-state index is 0.833. The maximum absolute atomic E-state index is 3.63. The van der Waals surface area contributed by atoms with Crippen LogP contribution in [0.25, 0.3) is 0 Å². The number of nitrogens with zero attached hydrogens (tertiary/aromatic N) is 1. The van der Waals surface area contributed by atoms with E-state index in [9.17, 15) is 0 Å². The molecule has 0 saturated heterocycles. The van der Waals surface area contributed by atoms with Gasteiger partial charge in [-0.1, -0.05) is 66.2 Å². The van der Waals surface area contributed by atoms with Gasteiger partial charge in [-0.2, -0.15) is 0 Å². The van der Waals surface area contributed by atoms with Crippen LogP contribution in [0.5, 0.6) is 0 Å². The third-order valence-electron chi connectivity index (χ3n) is 4.91. The summed E-state index contributed by atoms with van der Waals surface area (Å²) in [4.78, 5) is 2.68. The maximum Gasteiger partial charge on any atom is 0.0920 e. The second kappa shape index (κ2) is 12.4. The summed E-state index contributed by atoms with van der Waals surface area (Å²) in [6.07, 6.45) is 10.7. The van der Waals surface area contributed by atoms with Gasteiger partial charge in [-0.3, -0.25) is 0 Å². The summed E-state index contributed by atoms with van der Waals surface area (Å²) in [5.74, 6) is 1.67. The molecule has 0 aliphatic rings. The van der Waals surface area contributed by atoms with E-state index in [4.69, 9.17) is 0 Å². The molecule has 0 fully saturated rings. The Morgan fingerprint density at radius 3 is 1.83 bits per heavy atom. The van der Waals surface area contributed by atoms with E-state index in [1.807, 2.05) is 11.3 Å². The van der Waals surface area contributed by atoms with Gasteiger partial charge in [0.2, 0.25) is 0 Å². The summed E-state index contributed by atoms with van der Waals surface area (Å²) in [5.41, 5.74) is 0. The van der Waals surface area contributed by atoms with Crippen LogP contribution in [0, 0.1) is 11.8 Å². The van der Waals surface area contributed by atoms with Gasteiger partial charge >= 0.3 is 0 Å². The average Bonchev–Trinajstić information content (AvgIpc) is 2.99. The standard InChI is InChI=1S/C20H36BrNS/c1-5-9-11-17(7-3)14-22(20-13-19(21)16-23-20)15-18(8-4)12-10-6-2/h13,16-18H,5-12,14-15H2,1-4H3. The Balaban J connectivity index is 2.75. The van der Waals surface area contributed by atoms with Crippen LogP contribution in [0.1, 0.15) is 79.1 Å². The number of hydrogen-bond acceptors (Lipinski definition) is 2. The Kier molecular flexibility index (Phi) is 11.3. The highest BCUT2D eigenvalue weighted by Gasteiger charge is 2.18.